The van der Waals surface area contributed by atoms with Gasteiger partial charge in [0.25, 0.3) is 5.91 Å². The molecule has 0 saturated heterocycles. The lowest BCUT2D eigenvalue weighted by Crippen LogP contribution is -2.35. The molecule has 2 N–H and O–H groups in total. The molecule has 1 unspecified atom stereocenters. The SMILES string of the molecule is Cc1cccc(OCC(O)CNC(=O)c2cc(C)n(C)n2)c1. The van der Waals surface area contributed by atoms with Crippen LogP contribution in [0, 0.1) is 13.8 Å². The van der Waals surface area contributed by atoms with Crippen molar-refractivity contribution in [3.05, 3.63) is 47.3 Å². The molecule has 0 fully saturated rings. The van der Waals surface area contributed by atoms with Crippen LogP contribution in [0.15, 0.2) is 30.3 Å². The minimum Gasteiger partial charge on any atom is -0.491 e. The van der Waals surface area contributed by atoms with Crippen LogP contribution in [-0.2, 0) is 7.05 Å². The number of aryl methyl sites for hydroxylation is 3. The molecule has 118 valence electrons. The zero-order valence-corrected chi connectivity index (χ0v) is 13.0. The van der Waals surface area contributed by atoms with Gasteiger partial charge in [-0.25, -0.2) is 0 Å². The van der Waals surface area contributed by atoms with E-state index in [1.807, 2.05) is 38.1 Å². The average molecular weight is 303 g/mol. The van der Waals surface area contributed by atoms with Crippen LogP contribution in [0.3, 0.4) is 0 Å². The van der Waals surface area contributed by atoms with E-state index in [1.165, 1.54) is 0 Å². The number of carbonyl (C=O) groups is 1. The number of aliphatic hydroxyl groups is 1. The second-order valence-corrected chi connectivity index (χ2v) is 5.29. The third-order valence-electron chi connectivity index (χ3n) is 3.28. The molecule has 0 saturated carbocycles. The first kappa shape index (κ1) is 16.0. The molecule has 0 aliphatic rings. The van der Waals surface area contributed by atoms with E-state index < -0.39 is 6.10 Å². The second-order valence-electron chi connectivity index (χ2n) is 5.29. The van der Waals surface area contributed by atoms with Gasteiger partial charge in [-0.2, -0.15) is 5.10 Å². The van der Waals surface area contributed by atoms with Gasteiger partial charge in [0.2, 0.25) is 0 Å². The molecule has 0 radical (unpaired) electrons. The number of hydrogen-bond donors (Lipinski definition) is 2. The Labute approximate surface area is 129 Å². The predicted octanol–water partition coefficient (Wildman–Crippen LogP) is 1.21. The Bertz CT molecular complexity index is 632. The number of aliphatic hydroxyl groups excluding tert-OH is 1. The standard InChI is InChI=1S/C16H21N3O3/c1-11-5-4-6-14(7-11)22-10-13(20)9-17-16(21)15-8-12(2)19(3)18-15/h4-8,13,20H,9-10H2,1-3H3,(H,17,21). The summed E-state index contributed by atoms with van der Waals surface area (Å²) in [5.74, 6) is 0.393. The largest absolute Gasteiger partial charge is 0.491 e. The molecule has 2 rings (SSSR count). The van der Waals surface area contributed by atoms with Crippen LogP contribution in [0.25, 0.3) is 0 Å². The summed E-state index contributed by atoms with van der Waals surface area (Å²) in [6, 6.07) is 9.28. The smallest absolute Gasteiger partial charge is 0.271 e. The van der Waals surface area contributed by atoms with Crippen molar-refractivity contribution in [1.29, 1.82) is 0 Å². The van der Waals surface area contributed by atoms with E-state index in [1.54, 1.807) is 17.8 Å². The molecule has 0 spiro atoms. The zero-order valence-electron chi connectivity index (χ0n) is 13.0. The number of carbonyl (C=O) groups excluding carboxylic acids is 1. The van der Waals surface area contributed by atoms with Crippen LogP contribution in [0.4, 0.5) is 0 Å². The fraction of sp³-hybridized carbons (Fsp3) is 0.375. The first-order valence-corrected chi connectivity index (χ1v) is 7.12. The Balaban J connectivity index is 1.77. The first-order valence-electron chi connectivity index (χ1n) is 7.12. The van der Waals surface area contributed by atoms with Gasteiger partial charge in [-0.05, 0) is 37.6 Å². The van der Waals surface area contributed by atoms with E-state index in [4.69, 9.17) is 4.74 Å². The molecular formula is C16H21N3O3. The van der Waals surface area contributed by atoms with E-state index >= 15 is 0 Å². The average Bonchev–Trinajstić information content (AvgIpc) is 2.82. The highest BCUT2D eigenvalue weighted by Crippen LogP contribution is 2.12. The maximum Gasteiger partial charge on any atom is 0.271 e. The monoisotopic (exact) mass is 303 g/mol. The summed E-state index contributed by atoms with van der Waals surface area (Å²) in [5, 5.41) is 16.6. The number of benzene rings is 1. The van der Waals surface area contributed by atoms with Gasteiger partial charge in [0.15, 0.2) is 0 Å². The maximum atomic E-state index is 11.9. The first-order chi connectivity index (χ1) is 10.5. The number of rotatable bonds is 6. The normalized spacial score (nSPS) is 12.0. The molecule has 0 aliphatic carbocycles. The summed E-state index contributed by atoms with van der Waals surface area (Å²) in [7, 11) is 1.77. The fourth-order valence-electron chi connectivity index (χ4n) is 1.93. The molecule has 1 heterocycles. The van der Waals surface area contributed by atoms with E-state index in [9.17, 15) is 9.90 Å². The highest BCUT2D eigenvalue weighted by Gasteiger charge is 2.13. The predicted molar refractivity (Wildman–Crippen MR) is 83.0 cm³/mol. The lowest BCUT2D eigenvalue weighted by molar-refractivity contribution is 0.0839. The Morgan fingerprint density at radius 3 is 2.82 bits per heavy atom. The third kappa shape index (κ3) is 4.33. The number of hydrogen-bond acceptors (Lipinski definition) is 4. The van der Waals surface area contributed by atoms with Gasteiger partial charge in [-0.15, -0.1) is 0 Å². The second kappa shape index (κ2) is 7.09. The number of aromatic nitrogens is 2. The topological polar surface area (TPSA) is 76.4 Å². The summed E-state index contributed by atoms with van der Waals surface area (Å²) >= 11 is 0. The lowest BCUT2D eigenvalue weighted by atomic mass is 10.2. The molecular weight excluding hydrogens is 282 g/mol. The Morgan fingerprint density at radius 2 is 2.18 bits per heavy atom. The van der Waals surface area contributed by atoms with Crippen molar-refractivity contribution >= 4 is 5.91 Å². The molecule has 1 aromatic carbocycles. The number of nitrogens with zero attached hydrogens (tertiary/aromatic N) is 2. The molecule has 2 aromatic rings. The summed E-state index contributed by atoms with van der Waals surface area (Å²) in [6.07, 6.45) is -0.783. The molecule has 1 atom stereocenters. The molecule has 6 nitrogen and oxygen atoms in total. The fourth-order valence-corrected chi connectivity index (χ4v) is 1.93. The molecule has 0 aliphatic heterocycles. The van der Waals surface area contributed by atoms with Crippen molar-refractivity contribution in [3.63, 3.8) is 0 Å². The van der Waals surface area contributed by atoms with Gasteiger partial charge >= 0.3 is 0 Å². The van der Waals surface area contributed by atoms with Crippen molar-refractivity contribution in [2.45, 2.75) is 20.0 Å². The van der Waals surface area contributed by atoms with Crippen molar-refractivity contribution in [2.75, 3.05) is 13.2 Å². The lowest BCUT2D eigenvalue weighted by Gasteiger charge is -2.13. The quantitative estimate of drug-likeness (QED) is 0.841. The Morgan fingerprint density at radius 1 is 1.41 bits per heavy atom. The van der Waals surface area contributed by atoms with E-state index in [0.29, 0.717) is 11.4 Å². The highest BCUT2D eigenvalue weighted by molar-refractivity contribution is 5.92. The minimum atomic E-state index is -0.783. The molecule has 22 heavy (non-hydrogen) atoms. The number of nitrogens with one attached hydrogen (secondary N) is 1. The van der Waals surface area contributed by atoms with Gasteiger partial charge in [-0.1, -0.05) is 12.1 Å². The summed E-state index contributed by atoms with van der Waals surface area (Å²) in [4.78, 5) is 11.9. The molecule has 1 amide bonds. The minimum absolute atomic E-state index is 0.111. The molecule has 6 heteroatoms. The van der Waals surface area contributed by atoms with Crippen LogP contribution < -0.4 is 10.1 Å². The molecule has 1 aromatic heterocycles. The number of amides is 1. The molecule has 0 bridgehead atoms. The number of ether oxygens (including phenoxy) is 1. The van der Waals surface area contributed by atoms with Crippen molar-refractivity contribution in [1.82, 2.24) is 15.1 Å². The van der Waals surface area contributed by atoms with Crippen LogP contribution in [0.5, 0.6) is 5.75 Å². The van der Waals surface area contributed by atoms with Gasteiger partial charge in [0.05, 0.1) is 0 Å². The van der Waals surface area contributed by atoms with Crippen LogP contribution in [0.2, 0.25) is 0 Å². The van der Waals surface area contributed by atoms with Gasteiger partial charge < -0.3 is 15.2 Å². The summed E-state index contributed by atoms with van der Waals surface area (Å²) < 4.78 is 7.12. The van der Waals surface area contributed by atoms with Gasteiger partial charge in [-0.3, -0.25) is 9.48 Å². The van der Waals surface area contributed by atoms with Crippen molar-refractivity contribution in [2.24, 2.45) is 7.05 Å². The van der Waals surface area contributed by atoms with Gasteiger partial charge in [0.1, 0.15) is 24.2 Å². The van der Waals surface area contributed by atoms with Crippen molar-refractivity contribution < 1.29 is 14.6 Å². The maximum absolute atomic E-state index is 11.9. The van der Waals surface area contributed by atoms with E-state index in [0.717, 1.165) is 11.3 Å². The van der Waals surface area contributed by atoms with E-state index in [-0.39, 0.29) is 19.1 Å². The summed E-state index contributed by atoms with van der Waals surface area (Å²) in [6.45, 7) is 4.07. The van der Waals surface area contributed by atoms with Crippen LogP contribution in [0.1, 0.15) is 21.7 Å². The Hall–Kier alpha value is -2.34. The third-order valence-corrected chi connectivity index (χ3v) is 3.28. The van der Waals surface area contributed by atoms with Crippen LogP contribution in [-0.4, -0.2) is 40.0 Å². The van der Waals surface area contributed by atoms with Gasteiger partial charge in [0, 0.05) is 19.3 Å². The summed E-state index contributed by atoms with van der Waals surface area (Å²) in [5.41, 5.74) is 2.33. The van der Waals surface area contributed by atoms with E-state index in [2.05, 4.69) is 10.4 Å². The van der Waals surface area contributed by atoms with Crippen molar-refractivity contribution in [3.8, 4) is 5.75 Å². The zero-order chi connectivity index (χ0) is 16.1. The Kier molecular flexibility index (Phi) is 5.16. The highest BCUT2D eigenvalue weighted by atomic mass is 16.5. The van der Waals surface area contributed by atoms with Crippen LogP contribution >= 0.6 is 0 Å².